The maximum absolute atomic E-state index is 6.21. The molecule has 0 saturated carbocycles. The molecule has 1 aromatic heterocycles. The molecule has 0 radical (unpaired) electrons. The highest BCUT2D eigenvalue weighted by atomic mass is 35.5. The van der Waals surface area contributed by atoms with Gasteiger partial charge >= 0.3 is 0 Å². The molecule has 0 spiro atoms. The lowest BCUT2D eigenvalue weighted by molar-refractivity contribution is 0.122. The SMILES string of the molecule is CC(C)C(C)c1nc(N2CCOCC2)ncc1Cl. The molecule has 0 bridgehead atoms. The van der Waals surface area contributed by atoms with E-state index < -0.39 is 0 Å². The van der Waals surface area contributed by atoms with Gasteiger partial charge in [-0.25, -0.2) is 9.97 Å². The smallest absolute Gasteiger partial charge is 0.225 e. The zero-order valence-electron chi connectivity index (χ0n) is 11.2. The van der Waals surface area contributed by atoms with Crippen LogP contribution in [0.4, 0.5) is 5.95 Å². The Kier molecular flexibility index (Phi) is 4.40. The van der Waals surface area contributed by atoms with E-state index in [9.17, 15) is 0 Å². The van der Waals surface area contributed by atoms with Crippen molar-refractivity contribution < 1.29 is 4.74 Å². The minimum atomic E-state index is 0.334. The average Bonchev–Trinajstić information content (AvgIpc) is 2.39. The van der Waals surface area contributed by atoms with Crippen molar-refractivity contribution in [2.24, 2.45) is 5.92 Å². The Hall–Kier alpha value is -0.870. The summed E-state index contributed by atoms with van der Waals surface area (Å²) in [6.45, 7) is 9.67. The van der Waals surface area contributed by atoms with Crippen LogP contribution in [-0.2, 0) is 4.74 Å². The standard InChI is InChI=1S/C13H20ClN3O/c1-9(2)10(3)12-11(14)8-15-13(16-12)17-4-6-18-7-5-17/h8-10H,4-7H2,1-3H3. The Morgan fingerprint density at radius 3 is 2.56 bits per heavy atom. The van der Waals surface area contributed by atoms with Crippen LogP contribution in [0, 0.1) is 5.92 Å². The van der Waals surface area contributed by atoms with Gasteiger partial charge in [0.2, 0.25) is 5.95 Å². The zero-order valence-corrected chi connectivity index (χ0v) is 11.9. The van der Waals surface area contributed by atoms with E-state index in [1.165, 1.54) is 0 Å². The van der Waals surface area contributed by atoms with Gasteiger partial charge in [0.1, 0.15) is 0 Å². The molecule has 0 amide bonds. The van der Waals surface area contributed by atoms with Crippen LogP contribution < -0.4 is 4.90 Å². The Morgan fingerprint density at radius 2 is 1.94 bits per heavy atom. The molecule has 1 unspecified atom stereocenters. The molecule has 4 nitrogen and oxygen atoms in total. The first kappa shape index (κ1) is 13.6. The topological polar surface area (TPSA) is 38.2 Å². The molecule has 0 N–H and O–H groups in total. The normalized spacial score (nSPS) is 18.2. The fourth-order valence-corrected chi connectivity index (χ4v) is 2.18. The number of nitrogens with zero attached hydrogens (tertiary/aromatic N) is 3. The Morgan fingerprint density at radius 1 is 1.28 bits per heavy atom. The van der Waals surface area contributed by atoms with Crippen LogP contribution in [0.2, 0.25) is 5.02 Å². The number of rotatable bonds is 3. The van der Waals surface area contributed by atoms with Crippen molar-refractivity contribution in [3.05, 3.63) is 16.9 Å². The quantitative estimate of drug-likeness (QED) is 0.846. The van der Waals surface area contributed by atoms with Crippen molar-refractivity contribution in [3.63, 3.8) is 0 Å². The van der Waals surface area contributed by atoms with Gasteiger partial charge in [-0.15, -0.1) is 0 Å². The number of halogens is 1. The van der Waals surface area contributed by atoms with Crippen LogP contribution in [0.1, 0.15) is 32.4 Å². The Bertz CT molecular complexity index is 405. The number of anilines is 1. The summed E-state index contributed by atoms with van der Waals surface area (Å²) in [5, 5.41) is 0.660. The third kappa shape index (κ3) is 2.93. The number of hydrogen-bond donors (Lipinski definition) is 0. The van der Waals surface area contributed by atoms with Crippen LogP contribution in [0.25, 0.3) is 0 Å². The third-order valence-corrected chi connectivity index (χ3v) is 3.77. The van der Waals surface area contributed by atoms with E-state index in [1.807, 2.05) is 0 Å². The van der Waals surface area contributed by atoms with E-state index in [0.29, 0.717) is 16.9 Å². The number of aromatic nitrogens is 2. The van der Waals surface area contributed by atoms with Crippen molar-refractivity contribution >= 4 is 17.5 Å². The molecule has 2 rings (SSSR count). The van der Waals surface area contributed by atoms with Crippen molar-refractivity contribution in [2.45, 2.75) is 26.7 Å². The summed E-state index contributed by atoms with van der Waals surface area (Å²) in [5.74, 6) is 1.61. The van der Waals surface area contributed by atoms with Crippen LogP contribution >= 0.6 is 11.6 Å². The second kappa shape index (κ2) is 5.85. The fourth-order valence-electron chi connectivity index (χ4n) is 1.92. The molecule has 1 aromatic rings. The molecule has 1 saturated heterocycles. The molecule has 1 fully saturated rings. The number of ether oxygens (including phenoxy) is 1. The van der Waals surface area contributed by atoms with Crippen molar-refractivity contribution in [1.29, 1.82) is 0 Å². The summed E-state index contributed by atoms with van der Waals surface area (Å²) in [6, 6.07) is 0. The number of morpholine rings is 1. The molecule has 18 heavy (non-hydrogen) atoms. The summed E-state index contributed by atoms with van der Waals surface area (Å²) < 4.78 is 5.34. The zero-order chi connectivity index (χ0) is 13.1. The molecule has 5 heteroatoms. The van der Waals surface area contributed by atoms with Crippen LogP contribution in [0.15, 0.2) is 6.20 Å². The van der Waals surface area contributed by atoms with Crippen LogP contribution in [-0.4, -0.2) is 36.3 Å². The van der Waals surface area contributed by atoms with Gasteiger partial charge in [-0.05, 0) is 5.92 Å². The first-order valence-electron chi connectivity index (χ1n) is 6.44. The summed E-state index contributed by atoms with van der Waals surface area (Å²) in [6.07, 6.45) is 1.72. The lowest BCUT2D eigenvalue weighted by atomic mass is 9.94. The van der Waals surface area contributed by atoms with Gasteiger partial charge in [0.15, 0.2) is 0 Å². The molecular weight excluding hydrogens is 250 g/mol. The Labute approximate surface area is 113 Å². The summed E-state index contributed by atoms with van der Waals surface area (Å²) in [5.41, 5.74) is 0.947. The summed E-state index contributed by atoms with van der Waals surface area (Å²) >= 11 is 6.21. The highest BCUT2D eigenvalue weighted by molar-refractivity contribution is 6.31. The van der Waals surface area contributed by atoms with E-state index in [1.54, 1.807) is 6.20 Å². The van der Waals surface area contributed by atoms with Crippen LogP contribution in [0.5, 0.6) is 0 Å². The molecular formula is C13H20ClN3O. The molecule has 1 atom stereocenters. The van der Waals surface area contributed by atoms with Crippen molar-refractivity contribution in [1.82, 2.24) is 9.97 Å². The predicted octanol–water partition coefficient (Wildman–Crippen LogP) is 2.73. The van der Waals surface area contributed by atoms with E-state index in [4.69, 9.17) is 16.3 Å². The molecule has 0 aromatic carbocycles. The lowest BCUT2D eigenvalue weighted by Crippen LogP contribution is -2.37. The summed E-state index contributed by atoms with van der Waals surface area (Å²) in [4.78, 5) is 11.1. The van der Waals surface area contributed by atoms with E-state index >= 15 is 0 Å². The minimum Gasteiger partial charge on any atom is -0.378 e. The van der Waals surface area contributed by atoms with Crippen LogP contribution in [0.3, 0.4) is 0 Å². The fraction of sp³-hybridized carbons (Fsp3) is 0.692. The molecule has 2 heterocycles. The van der Waals surface area contributed by atoms with Crippen molar-refractivity contribution in [3.8, 4) is 0 Å². The lowest BCUT2D eigenvalue weighted by Gasteiger charge is -2.27. The van der Waals surface area contributed by atoms with Gasteiger partial charge in [-0.1, -0.05) is 32.4 Å². The molecule has 100 valence electrons. The minimum absolute atomic E-state index is 0.334. The second-order valence-electron chi connectivity index (χ2n) is 5.04. The largest absolute Gasteiger partial charge is 0.378 e. The van der Waals surface area contributed by atoms with E-state index in [0.717, 1.165) is 37.9 Å². The van der Waals surface area contributed by atoms with Gasteiger partial charge in [-0.2, -0.15) is 0 Å². The highest BCUT2D eigenvalue weighted by Crippen LogP contribution is 2.29. The van der Waals surface area contributed by atoms with Gasteiger partial charge in [0.05, 0.1) is 30.1 Å². The second-order valence-corrected chi connectivity index (χ2v) is 5.44. The first-order valence-corrected chi connectivity index (χ1v) is 6.82. The van der Waals surface area contributed by atoms with Gasteiger partial charge in [-0.3, -0.25) is 0 Å². The highest BCUT2D eigenvalue weighted by Gasteiger charge is 2.19. The number of hydrogen-bond acceptors (Lipinski definition) is 4. The van der Waals surface area contributed by atoms with Gasteiger partial charge in [0, 0.05) is 19.0 Å². The third-order valence-electron chi connectivity index (χ3n) is 3.48. The predicted molar refractivity (Wildman–Crippen MR) is 73.3 cm³/mol. The average molecular weight is 270 g/mol. The van der Waals surface area contributed by atoms with E-state index in [2.05, 4.69) is 35.6 Å². The summed E-state index contributed by atoms with van der Waals surface area (Å²) in [7, 11) is 0. The monoisotopic (exact) mass is 269 g/mol. The van der Waals surface area contributed by atoms with Gasteiger partial charge in [0.25, 0.3) is 0 Å². The Balaban J connectivity index is 2.25. The molecule has 1 aliphatic heterocycles. The first-order chi connectivity index (χ1) is 8.59. The maximum atomic E-state index is 6.21. The molecule has 1 aliphatic rings. The van der Waals surface area contributed by atoms with Gasteiger partial charge < -0.3 is 9.64 Å². The van der Waals surface area contributed by atoms with Crippen molar-refractivity contribution in [2.75, 3.05) is 31.2 Å². The maximum Gasteiger partial charge on any atom is 0.225 e. The molecule has 0 aliphatic carbocycles. The van der Waals surface area contributed by atoms with E-state index in [-0.39, 0.29) is 0 Å².